The van der Waals surface area contributed by atoms with Crippen molar-refractivity contribution < 1.29 is 14.7 Å². The van der Waals surface area contributed by atoms with Crippen LogP contribution in [0, 0.1) is 0 Å². The van der Waals surface area contributed by atoms with E-state index in [9.17, 15) is 9.59 Å². The van der Waals surface area contributed by atoms with Crippen LogP contribution in [0.3, 0.4) is 0 Å². The van der Waals surface area contributed by atoms with E-state index in [1.807, 2.05) is 24.3 Å². The number of nitrogens with zero attached hydrogens (tertiary/aromatic N) is 1. The summed E-state index contributed by atoms with van der Waals surface area (Å²) in [5.74, 6) is -0.558. The number of carboxylic acids is 1. The molecule has 1 atom stereocenters. The van der Waals surface area contributed by atoms with E-state index >= 15 is 0 Å². The average molecular weight is 290 g/mol. The quantitative estimate of drug-likeness (QED) is 0.873. The Morgan fingerprint density at radius 1 is 1.33 bits per heavy atom. The summed E-state index contributed by atoms with van der Waals surface area (Å²) in [6.07, 6.45) is 1.44. The van der Waals surface area contributed by atoms with Crippen LogP contribution in [0.4, 0.5) is 5.69 Å². The highest BCUT2D eigenvalue weighted by molar-refractivity contribution is 5.92. The summed E-state index contributed by atoms with van der Waals surface area (Å²) in [6, 6.07) is 7.23. The minimum absolute atomic E-state index is 0.128. The Morgan fingerprint density at radius 2 is 2.00 bits per heavy atom. The van der Waals surface area contributed by atoms with Gasteiger partial charge in [-0.15, -0.1) is 0 Å². The lowest BCUT2D eigenvalue weighted by molar-refractivity contribution is -0.142. The number of hydrogen-bond acceptors (Lipinski definition) is 3. The van der Waals surface area contributed by atoms with Gasteiger partial charge in [0.1, 0.15) is 6.04 Å². The molecule has 1 fully saturated rings. The van der Waals surface area contributed by atoms with Gasteiger partial charge in [-0.1, -0.05) is 26.0 Å². The van der Waals surface area contributed by atoms with Crippen molar-refractivity contribution in [3.63, 3.8) is 0 Å². The highest BCUT2D eigenvalue weighted by Crippen LogP contribution is 2.19. The summed E-state index contributed by atoms with van der Waals surface area (Å²) in [5.41, 5.74) is 1.97. The molecule has 1 aliphatic heterocycles. The SMILES string of the molecule is CC(C)c1ccc(NC(=O)CN2CCC[C@@H]2C(=O)O)cc1. The van der Waals surface area contributed by atoms with E-state index in [0.29, 0.717) is 18.9 Å². The second-order valence-electron chi connectivity index (χ2n) is 5.79. The molecule has 1 saturated heterocycles. The number of carboxylic acid groups (broad SMARTS) is 1. The Labute approximate surface area is 125 Å². The summed E-state index contributed by atoms with van der Waals surface area (Å²) in [6.45, 7) is 5.03. The smallest absolute Gasteiger partial charge is 0.320 e. The predicted octanol–water partition coefficient (Wildman–Crippen LogP) is 2.30. The summed E-state index contributed by atoms with van der Waals surface area (Å²) in [4.78, 5) is 24.8. The number of likely N-dealkylation sites (tertiary alicyclic amines) is 1. The molecule has 0 bridgehead atoms. The van der Waals surface area contributed by atoms with Crippen molar-refractivity contribution in [1.29, 1.82) is 0 Å². The van der Waals surface area contributed by atoms with Gasteiger partial charge in [0.2, 0.25) is 5.91 Å². The predicted molar refractivity (Wildman–Crippen MR) is 81.4 cm³/mol. The van der Waals surface area contributed by atoms with Crippen molar-refractivity contribution in [3.05, 3.63) is 29.8 Å². The summed E-state index contributed by atoms with van der Waals surface area (Å²) >= 11 is 0. The van der Waals surface area contributed by atoms with Crippen LogP contribution in [0.2, 0.25) is 0 Å². The van der Waals surface area contributed by atoms with E-state index in [1.54, 1.807) is 4.90 Å². The lowest BCUT2D eigenvalue weighted by Crippen LogP contribution is -2.40. The van der Waals surface area contributed by atoms with E-state index < -0.39 is 12.0 Å². The molecule has 114 valence electrons. The molecule has 0 unspecified atom stereocenters. The number of amides is 1. The molecule has 0 saturated carbocycles. The van der Waals surface area contributed by atoms with E-state index in [0.717, 1.165) is 12.1 Å². The minimum atomic E-state index is -0.846. The van der Waals surface area contributed by atoms with Crippen LogP contribution in [0.25, 0.3) is 0 Å². The van der Waals surface area contributed by atoms with Gasteiger partial charge in [0, 0.05) is 5.69 Å². The molecular formula is C16H22N2O3. The summed E-state index contributed by atoms with van der Waals surface area (Å²) in [7, 11) is 0. The van der Waals surface area contributed by atoms with E-state index in [2.05, 4.69) is 19.2 Å². The molecule has 1 aliphatic rings. The zero-order valence-corrected chi connectivity index (χ0v) is 12.5. The first-order valence-electron chi connectivity index (χ1n) is 7.34. The zero-order valence-electron chi connectivity index (χ0n) is 12.5. The largest absolute Gasteiger partial charge is 0.480 e. The van der Waals surface area contributed by atoms with E-state index in [4.69, 9.17) is 5.11 Å². The Kier molecular flexibility index (Phi) is 4.96. The highest BCUT2D eigenvalue weighted by Gasteiger charge is 2.31. The van der Waals surface area contributed by atoms with Gasteiger partial charge in [0.05, 0.1) is 6.54 Å². The molecule has 21 heavy (non-hydrogen) atoms. The van der Waals surface area contributed by atoms with Gasteiger partial charge in [-0.25, -0.2) is 0 Å². The molecule has 0 aliphatic carbocycles. The fourth-order valence-corrected chi connectivity index (χ4v) is 2.63. The van der Waals surface area contributed by atoms with Crippen molar-refractivity contribution in [1.82, 2.24) is 4.90 Å². The minimum Gasteiger partial charge on any atom is -0.480 e. The first-order valence-corrected chi connectivity index (χ1v) is 7.34. The third-order valence-corrected chi connectivity index (χ3v) is 3.86. The van der Waals surface area contributed by atoms with Crippen molar-refractivity contribution in [2.75, 3.05) is 18.4 Å². The lowest BCUT2D eigenvalue weighted by Gasteiger charge is -2.20. The van der Waals surface area contributed by atoms with E-state index in [-0.39, 0.29) is 12.5 Å². The van der Waals surface area contributed by atoms with Crippen LogP contribution in [0.15, 0.2) is 24.3 Å². The fraction of sp³-hybridized carbons (Fsp3) is 0.500. The average Bonchev–Trinajstić information content (AvgIpc) is 2.87. The number of nitrogens with one attached hydrogen (secondary N) is 1. The van der Waals surface area contributed by atoms with Gasteiger partial charge in [0.15, 0.2) is 0 Å². The zero-order chi connectivity index (χ0) is 15.4. The molecule has 1 amide bonds. The Bertz CT molecular complexity index is 511. The topological polar surface area (TPSA) is 69.6 Å². The third-order valence-electron chi connectivity index (χ3n) is 3.86. The van der Waals surface area contributed by atoms with Crippen molar-refractivity contribution in [2.24, 2.45) is 0 Å². The summed E-state index contributed by atoms with van der Waals surface area (Å²) in [5, 5.41) is 11.9. The van der Waals surface area contributed by atoms with Gasteiger partial charge < -0.3 is 10.4 Å². The number of rotatable bonds is 5. The number of hydrogen-bond donors (Lipinski definition) is 2. The molecule has 0 radical (unpaired) electrons. The lowest BCUT2D eigenvalue weighted by atomic mass is 10.0. The second-order valence-corrected chi connectivity index (χ2v) is 5.79. The van der Waals surface area contributed by atoms with E-state index in [1.165, 1.54) is 5.56 Å². The van der Waals surface area contributed by atoms with Gasteiger partial charge in [-0.2, -0.15) is 0 Å². The van der Waals surface area contributed by atoms with Crippen LogP contribution in [0.1, 0.15) is 38.2 Å². The third kappa shape index (κ3) is 4.04. The molecule has 1 aromatic rings. The highest BCUT2D eigenvalue weighted by atomic mass is 16.4. The maximum absolute atomic E-state index is 12.0. The molecule has 2 rings (SSSR count). The maximum Gasteiger partial charge on any atom is 0.320 e. The standard InChI is InChI=1S/C16H22N2O3/c1-11(2)12-5-7-13(8-6-12)17-15(19)10-18-9-3-4-14(18)16(20)21/h5-8,11,14H,3-4,9-10H2,1-2H3,(H,17,19)(H,20,21)/t14-/m1/s1. The molecule has 0 spiro atoms. The molecule has 1 aromatic carbocycles. The molecule has 5 heteroatoms. The Balaban J connectivity index is 1.91. The fourth-order valence-electron chi connectivity index (χ4n) is 2.63. The second kappa shape index (κ2) is 6.72. The first-order chi connectivity index (χ1) is 9.97. The molecule has 2 N–H and O–H groups in total. The van der Waals surface area contributed by atoms with Crippen LogP contribution in [-0.4, -0.2) is 41.0 Å². The van der Waals surface area contributed by atoms with Crippen molar-refractivity contribution >= 4 is 17.6 Å². The van der Waals surface area contributed by atoms with Crippen LogP contribution in [0.5, 0.6) is 0 Å². The van der Waals surface area contributed by atoms with Gasteiger partial charge in [-0.05, 0) is 43.0 Å². The normalized spacial score (nSPS) is 18.9. The summed E-state index contributed by atoms with van der Waals surface area (Å²) < 4.78 is 0. The number of anilines is 1. The monoisotopic (exact) mass is 290 g/mol. The number of benzene rings is 1. The van der Waals surface area contributed by atoms with Crippen molar-refractivity contribution in [3.8, 4) is 0 Å². The number of carbonyl (C=O) groups excluding carboxylic acids is 1. The van der Waals surface area contributed by atoms with Crippen LogP contribution in [-0.2, 0) is 9.59 Å². The number of aliphatic carboxylic acids is 1. The molecule has 1 heterocycles. The molecule has 5 nitrogen and oxygen atoms in total. The number of carbonyl (C=O) groups is 2. The maximum atomic E-state index is 12.0. The van der Waals surface area contributed by atoms with Crippen LogP contribution >= 0.6 is 0 Å². The van der Waals surface area contributed by atoms with Gasteiger partial charge in [-0.3, -0.25) is 14.5 Å². The molecule has 0 aromatic heterocycles. The Morgan fingerprint density at radius 3 is 2.57 bits per heavy atom. The molecular weight excluding hydrogens is 268 g/mol. The Hall–Kier alpha value is -1.88. The van der Waals surface area contributed by atoms with Gasteiger partial charge in [0.25, 0.3) is 0 Å². The van der Waals surface area contributed by atoms with Crippen molar-refractivity contribution in [2.45, 2.75) is 38.6 Å². The first kappa shape index (κ1) is 15.5. The van der Waals surface area contributed by atoms with Gasteiger partial charge >= 0.3 is 5.97 Å². The van der Waals surface area contributed by atoms with Crippen LogP contribution < -0.4 is 5.32 Å².